The second-order valence-corrected chi connectivity index (χ2v) is 14.5. The summed E-state index contributed by atoms with van der Waals surface area (Å²) in [7, 11) is 0. The lowest BCUT2D eigenvalue weighted by Crippen LogP contribution is -1.95. The summed E-state index contributed by atoms with van der Waals surface area (Å²) < 4.78 is 4.89. The minimum absolute atomic E-state index is 0.900. The third-order valence-corrected chi connectivity index (χ3v) is 11.4. The topological polar surface area (TPSA) is 48.0 Å². The van der Waals surface area contributed by atoms with Gasteiger partial charge < -0.3 is 8.97 Å². The predicted molar refractivity (Wildman–Crippen MR) is 231 cm³/mol. The van der Waals surface area contributed by atoms with E-state index in [4.69, 9.17) is 4.98 Å². The molecular weight excluding hydrogens is 683 g/mol. The molecule has 0 N–H and O–H groups in total. The Morgan fingerprint density at radius 3 is 1.55 bits per heavy atom. The van der Waals surface area contributed by atoms with Crippen molar-refractivity contribution in [2.75, 3.05) is 0 Å². The molecule has 6 aromatic heterocycles. The molecular formula is C51H31N5. The number of fused-ring (bicyclic) bond motifs is 9. The SMILES string of the molecule is c1ccc(-n2c3ccc(-c4cc(-c5ccncc5)nc(-c5ccncc5)c4)cc3c3cccc(-c4cc5c6ccccc6n6c7ccccc7c(c4)c56)c32)cc1. The molecule has 0 fully saturated rings. The van der Waals surface area contributed by atoms with E-state index in [1.54, 1.807) is 0 Å². The minimum Gasteiger partial charge on any atom is -0.309 e. The molecule has 0 bridgehead atoms. The largest absolute Gasteiger partial charge is 0.309 e. The Morgan fingerprint density at radius 1 is 0.339 bits per heavy atom. The summed E-state index contributed by atoms with van der Waals surface area (Å²) in [4.78, 5) is 13.6. The normalized spacial score (nSPS) is 11.9. The van der Waals surface area contributed by atoms with Gasteiger partial charge >= 0.3 is 0 Å². The summed E-state index contributed by atoms with van der Waals surface area (Å²) in [6.07, 6.45) is 7.28. The molecule has 0 radical (unpaired) electrons. The molecule has 6 aromatic carbocycles. The van der Waals surface area contributed by atoms with Crippen molar-refractivity contribution < 1.29 is 0 Å². The lowest BCUT2D eigenvalue weighted by Gasteiger charge is -2.12. The van der Waals surface area contributed by atoms with Crippen molar-refractivity contribution in [2.24, 2.45) is 0 Å². The molecule has 0 aliphatic heterocycles. The minimum atomic E-state index is 0.900. The van der Waals surface area contributed by atoms with Crippen molar-refractivity contribution in [2.45, 2.75) is 0 Å². The first-order valence-corrected chi connectivity index (χ1v) is 18.9. The lowest BCUT2D eigenvalue weighted by molar-refractivity contribution is 1.18. The second kappa shape index (κ2) is 11.9. The van der Waals surface area contributed by atoms with Gasteiger partial charge in [-0.2, -0.15) is 0 Å². The maximum absolute atomic E-state index is 5.11. The Balaban J connectivity index is 1.14. The van der Waals surface area contributed by atoms with E-state index >= 15 is 0 Å². The van der Waals surface area contributed by atoms with Gasteiger partial charge in [0, 0.05) is 79.5 Å². The number of aromatic nitrogens is 5. The monoisotopic (exact) mass is 713 g/mol. The van der Waals surface area contributed by atoms with Crippen molar-refractivity contribution in [3.8, 4) is 50.5 Å². The van der Waals surface area contributed by atoms with Gasteiger partial charge in [-0.1, -0.05) is 78.9 Å². The van der Waals surface area contributed by atoms with Crippen molar-refractivity contribution >= 4 is 59.9 Å². The summed E-state index contributed by atoms with van der Waals surface area (Å²) in [6.45, 7) is 0. The zero-order valence-electron chi connectivity index (χ0n) is 30.1. The van der Waals surface area contributed by atoms with Gasteiger partial charge in [-0.15, -0.1) is 0 Å². The summed E-state index contributed by atoms with van der Waals surface area (Å²) in [5, 5.41) is 7.51. The summed E-state index contributed by atoms with van der Waals surface area (Å²) >= 11 is 0. The number of benzene rings is 6. The van der Waals surface area contributed by atoms with Crippen LogP contribution in [0.15, 0.2) is 189 Å². The molecule has 0 amide bonds. The van der Waals surface area contributed by atoms with E-state index < -0.39 is 0 Å². The number of hydrogen-bond acceptors (Lipinski definition) is 3. The highest BCUT2D eigenvalue weighted by molar-refractivity contribution is 6.25. The number of pyridine rings is 3. The van der Waals surface area contributed by atoms with Crippen LogP contribution in [0, 0.1) is 0 Å². The molecule has 6 heterocycles. The first kappa shape index (κ1) is 30.8. The van der Waals surface area contributed by atoms with Crippen molar-refractivity contribution in [1.29, 1.82) is 0 Å². The first-order valence-electron chi connectivity index (χ1n) is 18.9. The van der Waals surface area contributed by atoms with Gasteiger partial charge in [0.1, 0.15) is 0 Å². The molecule has 260 valence electrons. The van der Waals surface area contributed by atoms with Crippen LogP contribution in [0.1, 0.15) is 0 Å². The van der Waals surface area contributed by atoms with E-state index in [0.717, 1.165) is 44.8 Å². The van der Waals surface area contributed by atoms with Crippen LogP contribution < -0.4 is 0 Å². The van der Waals surface area contributed by atoms with Gasteiger partial charge in [0.05, 0.1) is 39.0 Å². The average molecular weight is 714 g/mol. The third kappa shape index (κ3) is 4.52. The highest BCUT2D eigenvalue weighted by Crippen LogP contribution is 2.45. The molecule has 0 saturated heterocycles. The van der Waals surface area contributed by atoms with Gasteiger partial charge in [-0.05, 0) is 102 Å². The van der Waals surface area contributed by atoms with Crippen LogP contribution in [0.3, 0.4) is 0 Å². The Hall–Kier alpha value is -7.63. The van der Waals surface area contributed by atoms with E-state index in [0.29, 0.717) is 0 Å². The van der Waals surface area contributed by atoms with Crippen LogP contribution in [0.5, 0.6) is 0 Å². The molecule has 0 atom stereocenters. The van der Waals surface area contributed by atoms with Gasteiger partial charge in [-0.3, -0.25) is 9.97 Å². The van der Waals surface area contributed by atoms with Crippen LogP contribution in [0.25, 0.3) is 110 Å². The van der Waals surface area contributed by atoms with Crippen molar-refractivity contribution in [3.05, 3.63) is 189 Å². The molecule has 12 rings (SSSR count). The van der Waals surface area contributed by atoms with E-state index in [1.165, 1.54) is 65.5 Å². The zero-order chi connectivity index (χ0) is 36.7. The number of rotatable bonds is 5. The molecule has 5 nitrogen and oxygen atoms in total. The molecule has 0 aliphatic rings. The Labute approximate surface area is 321 Å². The molecule has 56 heavy (non-hydrogen) atoms. The molecule has 12 aromatic rings. The molecule has 0 saturated carbocycles. The molecule has 5 heteroatoms. The van der Waals surface area contributed by atoms with Crippen LogP contribution in [-0.2, 0) is 0 Å². The zero-order valence-corrected chi connectivity index (χ0v) is 30.1. The Morgan fingerprint density at radius 2 is 0.911 bits per heavy atom. The standard InChI is InChI=1S/C51H31N5/c1-2-9-37(10-3-1)55-49-18-17-34(35-30-45(32-19-23-52-24-20-32)54-46(31-35)33-21-25-53-26-22-33)27-42(49)41-14-8-13-38(50(41)55)36-28-43-39-11-4-6-15-47(39)56-48-16-7-5-12-40(48)44(29-36)51(43)56/h1-31H. The van der Waals surface area contributed by atoms with E-state index in [2.05, 4.69) is 158 Å². The highest BCUT2D eigenvalue weighted by Gasteiger charge is 2.22. The second-order valence-electron chi connectivity index (χ2n) is 14.5. The molecule has 0 aliphatic carbocycles. The van der Waals surface area contributed by atoms with Crippen LogP contribution in [0.4, 0.5) is 0 Å². The molecule has 0 unspecified atom stereocenters. The number of para-hydroxylation sites is 4. The quantitative estimate of drug-likeness (QED) is 0.178. The smallest absolute Gasteiger partial charge is 0.0716 e. The van der Waals surface area contributed by atoms with Crippen molar-refractivity contribution in [3.63, 3.8) is 0 Å². The van der Waals surface area contributed by atoms with Crippen LogP contribution in [0.2, 0.25) is 0 Å². The summed E-state index contributed by atoms with van der Waals surface area (Å²) in [5.74, 6) is 0. The van der Waals surface area contributed by atoms with Crippen LogP contribution in [-0.4, -0.2) is 23.9 Å². The van der Waals surface area contributed by atoms with Crippen molar-refractivity contribution in [1.82, 2.24) is 23.9 Å². The van der Waals surface area contributed by atoms with Gasteiger partial charge in [0.15, 0.2) is 0 Å². The Bertz CT molecular complexity index is 3310. The average Bonchev–Trinajstić information content (AvgIpc) is 3.92. The van der Waals surface area contributed by atoms with Gasteiger partial charge in [-0.25, -0.2) is 4.98 Å². The number of hydrogen-bond donors (Lipinski definition) is 0. The lowest BCUT2D eigenvalue weighted by atomic mass is 9.96. The maximum atomic E-state index is 5.11. The van der Waals surface area contributed by atoms with Gasteiger partial charge in [0.25, 0.3) is 0 Å². The predicted octanol–water partition coefficient (Wildman–Crippen LogP) is 12.8. The Kier molecular flexibility index (Phi) is 6.56. The molecule has 0 spiro atoms. The van der Waals surface area contributed by atoms with Gasteiger partial charge in [0.2, 0.25) is 0 Å². The summed E-state index contributed by atoms with van der Waals surface area (Å²) in [5.41, 5.74) is 15.7. The maximum Gasteiger partial charge on any atom is 0.0716 e. The fourth-order valence-electron chi connectivity index (χ4n) is 8.97. The van der Waals surface area contributed by atoms with Crippen LogP contribution >= 0.6 is 0 Å². The first-order chi connectivity index (χ1) is 27.8. The van der Waals surface area contributed by atoms with E-state index in [1.807, 2.05) is 49.1 Å². The highest BCUT2D eigenvalue weighted by atomic mass is 15.0. The fraction of sp³-hybridized carbons (Fsp3) is 0. The fourth-order valence-corrected chi connectivity index (χ4v) is 8.97. The number of nitrogens with zero attached hydrogens (tertiary/aromatic N) is 5. The van der Waals surface area contributed by atoms with E-state index in [-0.39, 0.29) is 0 Å². The third-order valence-electron chi connectivity index (χ3n) is 11.4. The summed E-state index contributed by atoms with van der Waals surface area (Å²) in [6, 6.07) is 59.3. The van der Waals surface area contributed by atoms with E-state index in [9.17, 15) is 0 Å².